The summed E-state index contributed by atoms with van der Waals surface area (Å²) in [6.07, 6.45) is 1.65. The van der Waals surface area contributed by atoms with Crippen LogP contribution in [-0.2, 0) is 0 Å². The molecule has 3 nitrogen and oxygen atoms in total. The number of halogens is 1. The molecule has 0 radical (unpaired) electrons. The van der Waals surface area contributed by atoms with Gasteiger partial charge in [-0.2, -0.15) is 0 Å². The number of hydrogen-bond donors (Lipinski definition) is 1. The van der Waals surface area contributed by atoms with Crippen molar-refractivity contribution >= 4 is 17.3 Å². The molecule has 2 heterocycles. The first kappa shape index (κ1) is 10.9. The van der Waals surface area contributed by atoms with Gasteiger partial charge in [0.1, 0.15) is 5.15 Å². The monoisotopic (exact) mass is 233 g/mol. The van der Waals surface area contributed by atoms with Crippen LogP contribution in [0.15, 0.2) is 24.4 Å². The van der Waals surface area contributed by atoms with Gasteiger partial charge in [-0.3, -0.25) is 4.98 Å². The highest BCUT2D eigenvalue weighted by Gasteiger charge is 2.06. The van der Waals surface area contributed by atoms with Gasteiger partial charge in [-0.15, -0.1) is 0 Å². The normalized spacial score (nSPS) is 10.4. The standard InChI is InChI=1S/C12H12ClN3/c1-7-3-9(4-12(13)16-7)11-5-10(14)6-15-8(11)2/h3-6H,14H2,1-2H3. The molecule has 2 rings (SSSR count). The minimum absolute atomic E-state index is 0.483. The molecular formula is C12H12ClN3. The van der Waals surface area contributed by atoms with Crippen LogP contribution >= 0.6 is 11.6 Å². The molecule has 0 amide bonds. The molecule has 0 unspecified atom stereocenters. The lowest BCUT2D eigenvalue weighted by molar-refractivity contribution is 1.18. The van der Waals surface area contributed by atoms with Crippen molar-refractivity contribution in [2.45, 2.75) is 13.8 Å². The Hall–Kier alpha value is -1.61. The van der Waals surface area contributed by atoms with E-state index in [1.54, 1.807) is 6.20 Å². The zero-order chi connectivity index (χ0) is 11.7. The molecule has 2 N–H and O–H groups in total. The Kier molecular flexibility index (Phi) is 2.79. The van der Waals surface area contributed by atoms with Gasteiger partial charge < -0.3 is 5.73 Å². The van der Waals surface area contributed by atoms with Crippen molar-refractivity contribution in [3.05, 3.63) is 40.9 Å². The number of rotatable bonds is 1. The first-order valence-electron chi connectivity index (χ1n) is 4.93. The zero-order valence-electron chi connectivity index (χ0n) is 9.16. The summed E-state index contributed by atoms with van der Waals surface area (Å²) >= 11 is 5.93. The van der Waals surface area contributed by atoms with E-state index in [9.17, 15) is 0 Å². The average molecular weight is 234 g/mol. The smallest absolute Gasteiger partial charge is 0.129 e. The number of nitrogens with two attached hydrogens (primary N) is 1. The van der Waals surface area contributed by atoms with Crippen molar-refractivity contribution in [1.29, 1.82) is 0 Å². The lowest BCUT2D eigenvalue weighted by Gasteiger charge is -2.07. The lowest BCUT2D eigenvalue weighted by atomic mass is 10.0. The van der Waals surface area contributed by atoms with Crippen LogP contribution < -0.4 is 5.73 Å². The Morgan fingerprint density at radius 3 is 2.62 bits per heavy atom. The maximum absolute atomic E-state index is 5.93. The van der Waals surface area contributed by atoms with Crippen LogP contribution in [0.5, 0.6) is 0 Å². The highest BCUT2D eigenvalue weighted by Crippen LogP contribution is 2.26. The number of nitrogens with zero attached hydrogens (tertiary/aromatic N) is 2. The average Bonchev–Trinajstić information content (AvgIpc) is 2.20. The number of anilines is 1. The Labute approximate surface area is 99.3 Å². The van der Waals surface area contributed by atoms with Gasteiger partial charge in [0.25, 0.3) is 0 Å². The van der Waals surface area contributed by atoms with Gasteiger partial charge in [0, 0.05) is 17.0 Å². The van der Waals surface area contributed by atoms with E-state index < -0.39 is 0 Å². The predicted molar refractivity (Wildman–Crippen MR) is 66.4 cm³/mol. The molecular weight excluding hydrogens is 222 g/mol. The predicted octanol–water partition coefficient (Wildman–Crippen LogP) is 3.00. The van der Waals surface area contributed by atoms with Crippen molar-refractivity contribution in [3.63, 3.8) is 0 Å². The maximum atomic E-state index is 5.93. The highest BCUT2D eigenvalue weighted by molar-refractivity contribution is 6.29. The minimum Gasteiger partial charge on any atom is -0.397 e. The molecule has 0 spiro atoms. The lowest BCUT2D eigenvalue weighted by Crippen LogP contribution is -1.93. The van der Waals surface area contributed by atoms with Gasteiger partial charge in [0.15, 0.2) is 0 Å². The van der Waals surface area contributed by atoms with E-state index in [-0.39, 0.29) is 0 Å². The number of aromatic nitrogens is 2. The van der Waals surface area contributed by atoms with Crippen LogP contribution in [0.1, 0.15) is 11.4 Å². The van der Waals surface area contributed by atoms with Crippen LogP contribution in [0.2, 0.25) is 5.15 Å². The summed E-state index contributed by atoms with van der Waals surface area (Å²) in [7, 11) is 0. The van der Waals surface area contributed by atoms with Crippen LogP contribution in [0.4, 0.5) is 5.69 Å². The third-order valence-corrected chi connectivity index (χ3v) is 2.53. The fourth-order valence-electron chi connectivity index (χ4n) is 1.63. The molecule has 0 saturated carbocycles. The maximum Gasteiger partial charge on any atom is 0.129 e. The molecule has 0 saturated heterocycles. The fraction of sp³-hybridized carbons (Fsp3) is 0.167. The summed E-state index contributed by atoms with van der Waals surface area (Å²) in [5.41, 5.74) is 10.2. The second kappa shape index (κ2) is 4.10. The van der Waals surface area contributed by atoms with Gasteiger partial charge in [-0.1, -0.05) is 11.6 Å². The molecule has 82 valence electrons. The molecule has 2 aromatic rings. The zero-order valence-corrected chi connectivity index (χ0v) is 9.92. The van der Waals surface area contributed by atoms with Gasteiger partial charge in [0.2, 0.25) is 0 Å². The number of hydrogen-bond acceptors (Lipinski definition) is 3. The van der Waals surface area contributed by atoms with Crippen molar-refractivity contribution in [2.24, 2.45) is 0 Å². The Balaban J connectivity index is 2.62. The molecule has 0 aliphatic heterocycles. The third-order valence-electron chi connectivity index (χ3n) is 2.34. The molecule has 16 heavy (non-hydrogen) atoms. The molecule has 4 heteroatoms. The summed E-state index contributed by atoms with van der Waals surface area (Å²) < 4.78 is 0. The quantitative estimate of drug-likeness (QED) is 0.771. The molecule has 2 aromatic heterocycles. The molecule has 0 aliphatic rings. The van der Waals surface area contributed by atoms with Crippen molar-refractivity contribution in [1.82, 2.24) is 9.97 Å². The van der Waals surface area contributed by atoms with Crippen molar-refractivity contribution in [2.75, 3.05) is 5.73 Å². The summed E-state index contributed by atoms with van der Waals surface area (Å²) in [4.78, 5) is 8.35. The Bertz CT molecular complexity index is 518. The van der Waals surface area contributed by atoms with E-state index in [0.717, 1.165) is 22.5 Å². The van der Waals surface area contributed by atoms with Crippen LogP contribution in [0.3, 0.4) is 0 Å². The summed E-state index contributed by atoms with van der Waals surface area (Å²) in [5, 5.41) is 0.483. The molecule has 0 atom stereocenters. The van der Waals surface area contributed by atoms with Crippen LogP contribution in [0.25, 0.3) is 11.1 Å². The highest BCUT2D eigenvalue weighted by atomic mass is 35.5. The second-order valence-corrected chi connectivity index (χ2v) is 4.11. The van der Waals surface area contributed by atoms with E-state index in [1.165, 1.54) is 0 Å². The number of pyridine rings is 2. The number of nitrogen functional groups attached to an aromatic ring is 1. The molecule has 0 fully saturated rings. The van der Waals surface area contributed by atoms with Gasteiger partial charge >= 0.3 is 0 Å². The van der Waals surface area contributed by atoms with Gasteiger partial charge in [-0.05, 0) is 37.6 Å². The van der Waals surface area contributed by atoms with E-state index in [2.05, 4.69) is 9.97 Å². The largest absolute Gasteiger partial charge is 0.397 e. The third kappa shape index (κ3) is 2.14. The SMILES string of the molecule is Cc1cc(-c2cc(N)cnc2C)cc(Cl)n1. The first-order chi connectivity index (χ1) is 7.56. The summed E-state index contributed by atoms with van der Waals surface area (Å²) in [6, 6.07) is 5.68. The van der Waals surface area contributed by atoms with E-state index in [4.69, 9.17) is 17.3 Å². The van der Waals surface area contributed by atoms with Crippen LogP contribution in [0, 0.1) is 13.8 Å². The molecule has 0 aliphatic carbocycles. The molecule has 0 aromatic carbocycles. The minimum atomic E-state index is 0.483. The first-order valence-corrected chi connectivity index (χ1v) is 5.31. The molecule has 0 bridgehead atoms. The summed E-state index contributed by atoms with van der Waals surface area (Å²) in [6.45, 7) is 3.85. The van der Waals surface area contributed by atoms with Gasteiger partial charge in [-0.25, -0.2) is 4.98 Å². The Morgan fingerprint density at radius 1 is 1.19 bits per heavy atom. The fourth-order valence-corrected chi connectivity index (χ4v) is 1.88. The summed E-state index contributed by atoms with van der Waals surface area (Å²) in [5.74, 6) is 0. The Morgan fingerprint density at radius 2 is 1.94 bits per heavy atom. The number of aryl methyl sites for hydroxylation is 2. The topological polar surface area (TPSA) is 51.8 Å². The van der Waals surface area contributed by atoms with Gasteiger partial charge in [0.05, 0.1) is 11.9 Å². The van der Waals surface area contributed by atoms with Crippen molar-refractivity contribution in [3.8, 4) is 11.1 Å². The van der Waals surface area contributed by atoms with E-state index in [1.807, 2.05) is 32.0 Å². The van der Waals surface area contributed by atoms with E-state index >= 15 is 0 Å². The van der Waals surface area contributed by atoms with E-state index in [0.29, 0.717) is 10.8 Å². The van der Waals surface area contributed by atoms with Crippen LogP contribution in [-0.4, -0.2) is 9.97 Å². The second-order valence-electron chi connectivity index (χ2n) is 3.72. The van der Waals surface area contributed by atoms with Crippen molar-refractivity contribution < 1.29 is 0 Å².